The van der Waals surface area contributed by atoms with Crippen molar-refractivity contribution in [1.82, 2.24) is 9.38 Å². The number of nitrogens with zero attached hydrogens (tertiary/aromatic N) is 2. The highest BCUT2D eigenvalue weighted by Crippen LogP contribution is 2.20. The Hall–Kier alpha value is -1.36. The van der Waals surface area contributed by atoms with Crippen molar-refractivity contribution in [2.75, 3.05) is 0 Å². The van der Waals surface area contributed by atoms with Gasteiger partial charge in [-0.15, -0.1) is 0 Å². The first-order valence-corrected chi connectivity index (χ1v) is 5.22. The third-order valence-corrected chi connectivity index (χ3v) is 2.72. The van der Waals surface area contributed by atoms with Gasteiger partial charge in [0.2, 0.25) is 0 Å². The van der Waals surface area contributed by atoms with Crippen LogP contribution in [0.4, 0.5) is 0 Å². The highest BCUT2D eigenvalue weighted by Gasteiger charge is 2.11. The smallest absolute Gasteiger partial charge is 0.311 e. The van der Waals surface area contributed by atoms with E-state index in [9.17, 15) is 4.79 Å². The standard InChI is InChI=1S/C10H9BrN2O2/c1-6-2-3-13-7(4-6)10(11)12-8(13)5-9(14)15/h2-4H,5H2,1H3,(H,14,15). The van der Waals surface area contributed by atoms with Crippen LogP contribution in [0.2, 0.25) is 0 Å². The summed E-state index contributed by atoms with van der Waals surface area (Å²) >= 11 is 3.32. The number of imidazole rings is 1. The molecule has 2 aromatic rings. The summed E-state index contributed by atoms with van der Waals surface area (Å²) in [5.41, 5.74) is 2.01. The van der Waals surface area contributed by atoms with Gasteiger partial charge in [0.1, 0.15) is 16.8 Å². The van der Waals surface area contributed by atoms with Crippen molar-refractivity contribution in [2.24, 2.45) is 0 Å². The molecule has 4 nitrogen and oxygen atoms in total. The van der Waals surface area contributed by atoms with Crippen LogP contribution in [0.25, 0.3) is 5.52 Å². The Labute approximate surface area is 94.7 Å². The van der Waals surface area contributed by atoms with Gasteiger partial charge in [0, 0.05) is 6.20 Å². The maximum atomic E-state index is 10.6. The number of pyridine rings is 1. The molecule has 0 saturated heterocycles. The van der Waals surface area contributed by atoms with E-state index in [4.69, 9.17) is 5.11 Å². The minimum absolute atomic E-state index is 0.0736. The van der Waals surface area contributed by atoms with Crippen molar-refractivity contribution in [3.63, 3.8) is 0 Å². The van der Waals surface area contributed by atoms with E-state index in [0.717, 1.165) is 11.1 Å². The Balaban J connectivity index is 2.62. The second kappa shape index (κ2) is 3.66. The van der Waals surface area contributed by atoms with Crippen LogP contribution >= 0.6 is 15.9 Å². The summed E-state index contributed by atoms with van der Waals surface area (Å²) in [4.78, 5) is 14.8. The lowest BCUT2D eigenvalue weighted by molar-refractivity contribution is -0.136. The molecular weight excluding hydrogens is 260 g/mol. The van der Waals surface area contributed by atoms with E-state index in [1.165, 1.54) is 0 Å². The van der Waals surface area contributed by atoms with Crippen molar-refractivity contribution in [3.8, 4) is 0 Å². The molecule has 0 aliphatic heterocycles. The molecule has 0 radical (unpaired) electrons. The first kappa shape index (κ1) is 10.2. The fraction of sp³-hybridized carbons (Fsp3) is 0.200. The molecule has 0 spiro atoms. The molecular formula is C10H9BrN2O2. The quantitative estimate of drug-likeness (QED) is 0.907. The SMILES string of the molecule is Cc1ccn2c(CC(=O)O)nc(Br)c2c1. The lowest BCUT2D eigenvalue weighted by atomic mass is 10.3. The van der Waals surface area contributed by atoms with E-state index < -0.39 is 5.97 Å². The summed E-state index contributed by atoms with van der Waals surface area (Å²) in [6.07, 6.45) is 1.76. The molecule has 0 aliphatic rings. The van der Waals surface area contributed by atoms with Gasteiger partial charge < -0.3 is 9.51 Å². The number of fused-ring (bicyclic) bond motifs is 1. The molecule has 2 heterocycles. The summed E-state index contributed by atoms with van der Waals surface area (Å²) in [6.45, 7) is 1.98. The molecule has 0 aliphatic carbocycles. The Bertz CT molecular complexity index is 533. The van der Waals surface area contributed by atoms with Crippen molar-refractivity contribution in [2.45, 2.75) is 13.3 Å². The van der Waals surface area contributed by atoms with Gasteiger partial charge in [-0.2, -0.15) is 0 Å². The Kier molecular flexibility index (Phi) is 2.48. The number of aryl methyl sites for hydroxylation is 1. The minimum Gasteiger partial charge on any atom is -0.481 e. The van der Waals surface area contributed by atoms with Crippen molar-refractivity contribution in [1.29, 1.82) is 0 Å². The molecule has 15 heavy (non-hydrogen) atoms. The molecule has 2 aromatic heterocycles. The van der Waals surface area contributed by atoms with Crippen LogP contribution in [0.3, 0.4) is 0 Å². The second-order valence-corrected chi connectivity index (χ2v) is 4.10. The normalized spacial score (nSPS) is 10.8. The monoisotopic (exact) mass is 268 g/mol. The molecule has 0 fully saturated rings. The fourth-order valence-electron chi connectivity index (χ4n) is 1.47. The Morgan fingerprint density at radius 3 is 3.07 bits per heavy atom. The maximum Gasteiger partial charge on any atom is 0.311 e. The average Bonchev–Trinajstić information content (AvgIpc) is 2.42. The molecule has 2 rings (SSSR count). The number of aromatic nitrogens is 2. The molecule has 5 heteroatoms. The number of carboxylic acid groups (broad SMARTS) is 1. The van der Waals surface area contributed by atoms with E-state index in [1.807, 2.05) is 25.3 Å². The van der Waals surface area contributed by atoms with Gasteiger partial charge in [0.15, 0.2) is 0 Å². The summed E-state index contributed by atoms with van der Waals surface area (Å²) in [6, 6.07) is 3.88. The van der Waals surface area contributed by atoms with E-state index in [2.05, 4.69) is 20.9 Å². The number of carbonyl (C=O) groups is 1. The van der Waals surface area contributed by atoms with Crippen LogP contribution in [-0.2, 0) is 11.2 Å². The van der Waals surface area contributed by atoms with Gasteiger partial charge in [-0.05, 0) is 40.5 Å². The number of hydrogen-bond donors (Lipinski definition) is 1. The zero-order chi connectivity index (χ0) is 11.0. The number of hydrogen-bond acceptors (Lipinski definition) is 2. The summed E-state index contributed by atoms with van der Waals surface area (Å²) in [7, 11) is 0. The molecule has 0 amide bonds. The minimum atomic E-state index is -0.880. The molecule has 0 atom stereocenters. The highest BCUT2D eigenvalue weighted by molar-refractivity contribution is 9.10. The van der Waals surface area contributed by atoms with E-state index in [0.29, 0.717) is 10.4 Å². The first-order chi connectivity index (χ1) is 7.08. The predicted octanol–water partition coefficient (Wildman–Crippen LogP) is 2.03. The van der Waals surface area contributed by atoms with Crippen LogP contribution in [0, 0.1) is 6.92 Å². The van der Waals surface area contributed by atoms with Crippen LogP contribution in [-0.4, -0.2) is 20.5 Å². The van der Waals surface area contributed by atoms with Crippen LogP contribution in [0.1, 0.15) is 11.4 Å². The van der Waals surface area contributed by atoms with E-state index in [1.54, 1.807) is 4.40 Å². The van der Waals surface area contributed by atoms with E-state index >= 15 is 0 Å². The van der Waals surface area contributed by atoms with E-state index in [-0.39, 0.29) is 6.42 Å². The van der Waals surface area contributed by atoms with Gasteiger partial charge in [0.05, 0.1) is 5.52 Å². The fourth-order valence-corrected chi connectivity index (χ4v) is 1.98. The molecule has 1 N–H and O–H groups in total. The predicted molar refractivity (Wildman–Crippen MR) is 59.0 cm³/mol. The Morgan fingerprint density at radius 1 is 1.67 bits per heavy atom. The number of aliphatic carboxylic acids is 1. The zero-order valence-electron chi connectivity index (χ0n) is 8.07. The Morgan fingerprint density at radius 2 is 2.40 bits per heavy atom. The van der Waals surface area contributed by atoms with Gasteiger partial charge in [-0.1, -0.05) is 0 Å². The largest absolute Gasteiger partial charge is 0.481 e. The third-order valence-electron chi connectivity index (χ3n) is 2.14. The van der Waals surface area contributed by atoms with Gasteiger partial charge in [-0.25, -0.2) is 4.98 Å². The number of halogens is 1. The van der Waals surface area contributed by atoms with Gasteiger partial charge >= 0.3 is 5.97 Å². The van der Waals surface area contributed by atoms with Crippen molar-refractivity contribution < 1.29 is 9.90 Å². The molecule has 0 aromatic carbocycles. The summed E-state index contributed by atoms with van der Waals surface area (Å²) in [5.74, 6) is -0.348. The molecule has 78 valence electrons. The number of rotatable bonds is 2. The average molecular weight is 269 g/mol. The van der Waals surface area contributed by atoms with Crippen LogP contribution in [0.5, 0.6) is 0 Å². The van der Waals surface area contributed by atoms with Gasteiger partial charge in [-0.3, -0.25) is 4.79 Å². The van der Waals surface area contributed by atoms with Crippen molar-refractivity contribution >= 4 is 27.4 Å². The first-order valence-electron chi connectivity index (χ1n) is 4.43. The van der Waals surface area contributed by atoms with Gasteiger partial charge in [0.25, 0.3) is 0 Å². The number of carboxylic acids is 1. The highest BCUT2D eigenvalue weighted by atomic mass is 79.9. The molecule has 0 bridgehead atoms. The lowest BCUT2D eigenvalue weighted by Crippen LogP contribution is -2.04. The maximum absolute atomic E-state index is 10.6. The topological polar surface area (TPSA) is 54.6 Å². The molecule has 0 saturated carbocycles. The molecule has 0 unspecified atom stereocenters. The summed E-state index contributed by atoms with van der Waals surface area (Å²) < 4.78 is 2.47. The van der Waals surface area contributed by atoms with Crippen LogP contribution in [0.15, 0.2) is 22.9 Å². The third kappa shape index (κ3) is 1.87. The zero-order valence-corrected chi connectivity index (χ0v) is 9.65. The lowest BCUT2D eigenvalue weighted by Gasteiger charge is -1.99. The van der Waals surface area contributed by atoms with Crippen LogP contribution < -0.4 is 0 Å². The summed E-state index contributed by atoms with van der Waals surface area (Å²) in [5, 5.41) is 8.72. The second-order valence-electron chi connectivity index (χ2n) is 3.35. The van der Waals surface area contributed by atoms with Crippen molar-refractivity contribution in [3.05, 3.63) is 34.3 Å².